The van der Waals surface area contributed by atoms with Crippen LogP contribution in [0.2, 0.25) is 0 Å². The molecule has 0 aliphatic rings. The first kappa shape index (κ1) is 12.5. The van der Waals surface area contributed by atoms with Crippen LogP contribution >= 0.6 is 11.3 Å². The van der Waals surface area contributed by atoms with Gasteiger partial charge in [-0.05, 0) is 47.9 Å². The van der Waals surface area contributed by atoms with Crippen LogP contribution in [0.4, 0.5) is 11.4 Å². The van der Waals surface area contributed by atoms with E-state index in [1.165, 1.54) is 5.56 Å². The highest BCUT2D eigenvalue weighted by Gasteiger charge is 2.08. The van der Waals surface area contributed by atoms with Crippen molar-refractivity contribution in [1.82, 2.24) is 0 Å². The highest BCUT2D eigenvalue weighted by Crippen LogP contribution is 2.23. The number of nitrogens with one attached hydrogen (secondary N) is 1. The van der Waals surface area contributed by atoms with E-state index in [0.29, 0.717) is 11.3 Å². The topological polar surface area (TPSA) is 61.8 Å². The fraction of sp³-hybridized carbons (Fsp3) is 0.214. The van der Waals surface area contributed by atoms with E-state index in [0.717, 1.165) is 12.1 Å². The fourth-order valence-corrected chi connectivity index (χ4v) is 2.55. The van der Waals surface area contributed by atoms with E-state index in [1.54, 1.807) is 17.4 Å². The van der Waals surface area contributed by atoms with E-state index in [-0.39, 0.29) is 6.04 Å². The zero-order valence-corrected chi connectivity index (χ0v) is 11.0. The van der Waals surface area contributed by atoms with E-state index >= 15 is 0 Å². The summed E-state index contributed by atoms with van der Waals surface area (Å²) in [5.74, 6) is 0. The summed E-state index contributed by atoms with van der Waals surface area (Å²) in [4.78, 5) is 0. The summed E-state index contributed by atoms with van der Waals surface area (Å²) in [5, 5.41) is 16.5. The first-order chi connectivity index (χ1) is 8.70. The van der Waals surface area contributed by atoms with Gasteiger partial charge in [-0.3, -0.25) is 0 Å². The molecule has 0 radical (unpaired) electrons. The summed E-state index contributed by atoms with van der Waals surface area (Å²) >= 11 is 1.70. The predicted octanol–water partition coefficient (Wildman–Crippen LogP) is 3.25. The molecule has 0 aliphatic carbocycles. The third-order valence-electron chi connectivity index (χ3n) is 2.75. The first-order valence-corrected chi connectivity index (χ1v) is 6.71. The molecule has 3 nitrogen and oxygen atoms in total. The van der Waals surface area contributed by atoms with Crippen LogP contribution in [0.1, 0.15) is 18.1 Å². The number of nitriles is 1. The summed E-state index contributed by atoms with van der Waals surface area (Å²) in [6, 6.07) is 9.96. The number of thiophene rings is 1. The van der Waals surface area contributed by atoms with E-state index in [1.807, 2.05) is 12.1 Å². The molecule has 1 unspecified atom stereocenters. The van der Waals surface area contributed by atoms with Crippen LogP contribution in [-0.2, 0) is 6.42 Å². The van der Waals surface area contributed by atoms with Gasteiger partial charge < -0.3 is 11.1 Å². The molecule has 0 saturated carbocycles. The molecule has 3 N–H and O–H groups in total. The van der Waals surface area contributed by atoms with Crippen molar-refractivity contribution in [1.29, 1.82) is 5.26 Å². The standard InChI is InChI=1S/C14H15N3S/c1-10(7-11-5-6-18-9-11)17-13-4-2-3-12(8-15)14(13)16/h2-6,9-10,17H,7,16H2,1H3. The van der Waals surface area contributed by atoms with Crippen molar-refractivity contribution in [2.75, 3.05) is 11.1 Å². The molecular weight excluding hydrogens is 242 g/mol. The largest absolute Gasteiger partial charge is 0.396 e. The number of nitrogen functional groups attached to an aromatic ring is 1. The van der Waals surface area contributed by atoms with Crippen molar-refractivity contribution in [2.45, 2.75) is 19.4 Å². The molecule has 1 heterocycles. The maximum Gasteiger partial charge on any atom is 0.101 e. The molecular formula is C14H15N3S. The average molecular weight is 257 g/mol. The SMILES string of the molecule is CC(Cc1ccsc1)Nc1cccc(C#N)c1N. The lowest BCUT2D eigenvalue weighted by molar-refractivity contribution is 0.793. The van der Waals surface area contributed by atoms with Gasteiger partial charge in [-0.1, -0.05) is 6.07 Å². The molecule has 0 bridgehead atoms. The lowest BCUT2D eigenvalue weighted by atomic mass is 10.1. The summed E-state index contributed by atoms with van der Waals surface area (Å²) in [7, 11) is 0. The molecule has 1 aromatic heterocycles. The molecule has 18 heavy (non-hydrogen) atoms. The van der Waals surface area contributed by atoms with Crippen molar-refractivity contribution in [3.8, 4) is 6.07 Å². The van der Waals surface area contributed by atoms with E-state index < -0.39 is 0 Å². The Morgan fingerprint density at radius 1 is 1.44 bits per heavy atom. The number of nitrogens with two attached hydrogens (primary N) is 1. The Morgan fingerprint density at radius 3 is 2.94 bits per heavy atom. The van der Waals surface area contributed by atoms with Crippen LogP contribution in [0.5, 0.6) is 0 Å². The van der Waals surface area contributed by atoms with Crippen LogP contribution < -0.4 is 11.1 Å². The molecule has 0 amide bonds. The first-order valence-electron chi connectivity index (χ1n) is 5.77. The molecule has 1 aromatic carbocycles. The lowest BCUT2D eigenvalue weighted by Crippen LogP contribution is -2.18. The fourth-order valence-electron chi connectivity index (χ4n) is 1.87. The summed E-state index contributed by atoms with van der Waals surface area (Å²) in [6.45, 7) is 2.11. The Hall–Kier alpha value is -1.99. The Labute approximate surface area is 111 Å². The number of hydrogen-bond acceptors (Lipinski definition) is 4. The normalized spacial score (nSPS) is 11.8. The zero-order valence-electron chi connectivity index (χ0n) is 10.2. The molecule has 0 fully saturated rings. The number of benzene rings is 1. The zero-order chi connectivity index (χ0) is 13.0. The molecule has 2 aromatic rings. The number of rotatable bonds is 4. The Balaban J connectivity index is 2.08. The van der Waals surface area contributed by atoms with Crippen LogP contribution in [0, 0.1) is 11.3 Å². The maximum atomic E-state index is 8.93. The number of para-hydroxylation sites is 1. The molecule has 0 saturated heterocycles. The van der Waals surface area contributed by atoms with Gasteiger partial charge in [0.15, 0.2) is 0 Å². The van der Waals surface area contributed by atoms with Crippen LogP contribution in [0.15, 0.2) is 35.0 Å². The molecule has 2 rings (SSSR count). The van der Waals surface area contributed by atoms with Gasteiger partial charge in [0.25, 0.3) is 0 Å². The summed E-state index contributed by atoms with van der Waals surface area (Å²) in [6.07, 6.45) is 0.944. The predicted molar refractivity (Wildman–Crippen MR) is 76.7 cm³/mol. The summed E-state index contributed by atoms with van der Waals surface area (Å²) < 4.78 is 0. The minimum Gasteiger partial charge on any atom is -0.396 e. The van der Waals surface area contributed by atoms with Crippen molar-refractivity contribution >= 4 is 22.7 Å². The molecule has 1 atom stereocenters. The second-order valence-electron chi connectivity index (χ2n) is 4.26. The highest BCUT2D eigenvalue weighted by molar-refractivity contribution is 7.07. The quantitative estimate of drug-likeness (QED) is 0.826. The molecule has 4 heteroatoms. The second-order valence-corrected chi connectivity index (χ2v) is 5.04. The number of nitrogens with zero attached hydrogens (tertiary/aromatic N) is 1. The van der Waals surface area contributed by atoms with E-state index in [9.17, 15) is 0 Å². The average Bonchev–Trinajstić information content (AvgIpc) is 2.84. The van der Waals surface area contributed by atoms with Crippen molar-refractivity contribution in [3.05, 3.63) is 46.2 Å². The smallest absolute Gasteiger partial charge is 0.101 e. The third-order valence-corrected chi connectivity index (χ3v) is 3.48. The van der Waals surface area contributed by atoms with Crippen LogP contribution in [0.25, 0.3) is 0 Å². The van der Waals surface area contributed by atoms with Gasteiger partial charge in [-0.2, -0.15) is 16.6 Å². The van der Waals surface area contributed by atoms with Gasteiger partial charge in [0, 0.05) is 6.04 Å². The minimum atomic E-state index is 0.274. The monoisotopic (exact) mass is 257 g/mol. The van der Waals surface area contributed by atoms with Crippen LogP contribution in [-0.4, -0.2) is 6.04 Å². The summed E-state index contributed by atoms with van der Waals surface area (Å²) in [5.41, 5.74) is 9.12. The minimum absolute atomic E-state index is 0.274. The number of hydrogen-bond donors (Lipinski definition) is 2. The van der Waals surface area contributed by atoms with Gasteiger partial charge in [0.2, 0.25) is 0 Å². The third kappa shape index (κ3) is 2.82. The molecule has 0 spiro atoms. The highest BCUT2D eigenvalue weighted by atomic mass is 32.1. The van der Waals surface area contributed by atoms with Crippen LogP contribution in [0.3, 0.4) is 0 Å². The maximum absolute atomic E-state index is 8.93. The van der Waals surface area contributed by atoms with Crippen molar-refractivity contribution in [2.24, 2.45) is 0 Å². The molecule has 0 aliphatic heterocycles. The van der Waals surface area contributed by atoms with Crippen molar-refractivity contribution < 1.29 is 0 Å². The van der Waals surface area contributed by atoms with Gasteiger partial charge in [-0.25, -0.2) is 0 Å². The number of anilines is 2. The lowest BCUT2D eigenvalue weighted by Gasteiger charge is -2.16. The second kappa shape index (κ2) is 5.56. The van der Waals surface area contributed by atoms with Gasteiger partial charge in [0.05, 0.1) is 16.9 Å². The molecule has 92 valence electrons. The Bertz CT molecular complexity index is 555. The van der Waals surface area contributed by atoms with Crippen molar-refractivity contribution in [3.63, 3.8) is 0 Å². The Kier molecular flexibility index (Phi) is 3.85. The van der Waals surface area contributed by atoms with E-state index in [4.69, 9.17) is 11.0 Å². The van der Waals surface area contributed by atoms with Gasteiger partial charge in [0.1, 0.15) is 6.07 Å². The van der Waals surface area contributed by atoms with E-state index in [2.05, 4.69) is 35.1 Å². The van der Waals surface area contributed by atoms with Gasteiger partial charge >= 0.3 is 0 Å². The van der Waals surface area contributed by atoms with Gasteiger partial charge in [-0.15, -0.1) is 0 Å². The Morgan fingerprint density at radius 2 is 2.28 bits per heavy atom.